The second kappa shape index (κ2) is 4.32. The molecule has 2 rings (SSSR count). The van der Waals surface area contributed by atoms with E-state index in [1.54, 1.807) is 0 Å². The summed E-state index contributed by atoms with van der Waals surface area (Å²) in [5, 5.41) is 0. The van der Waals surface area contributed by atoms with E-state index in [1.807, 2.05) is 7.85 Å². The lowest BCUT2D eigenvalue weighted by Crippen LogP contribution is -2.41. The maximum atomic E-state index is 11.8. The van der Waals surface area contributed by atoms with Crippen LogP contribution in [-0.2, 0) is 18.3 Å². The van der Waals surface area contributed by atoms with Gasteiger partial charge in [0.15, 0.2) is 0 Å². The molecular weight excluding hydrogens is 254 g/mol. The van der Waals surface area contributed by atoms with Gasteiger partial charge in [-0.15, -0.1) is 0 Å². The number of ether oxygens (including phenoxy) is 1. The van der Waals surface area contributed by atoms with Crippen molar-refractivity contribution >= 4 is 15.7 Å². The normalized spacial score (nSPS) is 45.7. The summed E-state index contributed by atoms with van der Waals surface area (Å²) in [6, 6.07) is 0.0404. The van der Waals surface area contributed by atoms with Crippen molar-refractivity contribution in [2.75, 3.05) is 7.11 Å². The highest BCUT2D eigenvalue weighted by molar-refractivity contribution is 7.47. The Kier molecular flexibility index (Phi) is 3.49. The van der Waals surface area contributed by atoms with E-state index in [4.69, 9.17) is 9.26 Å². The molecule has 0 aromatic rings. The van der Waals surface area contributed by atoms with Gasteiger partial charge in [-0.2, -0.15) is 0 Å². The van der Waals surface area contributed by atoms with Crippen LogP contribution in [0.3, 0.4) is 0 Å². The van der Waals surface area contributed by atoms with Crippen LogP contribution in [0.15, 0.2) is 0 Å². The molecule has 0 bridgehead atoms. The molecule has 7 heteroatoms. The minimum absolute atomic E-state index is 0.0404. The molecule has 1 heterocycles. The molecule has 1 aliphatic heterocycles. The molecule has 5 nitrogen and oxygen atoms in total. The average Bonchev–Trinajstić information content (AvgIpc) is 2.61. The predicted octanol–water partition coefficient (Wildman–Crippen LogP) is 1.30. The Balaban J connectivity index is 2.32. The smallest absolute Gasteiger partial charge is 0.380 e. The standard InChI is InChI=1S/C11H22BO5P/c1-7-5-11(17-18(13,14)15-4)6-8(12)16-9(11)10(7,2)3/h7-9H,5-6,12H2,1-4H3,(H,13,14)/t7-,8?,9+,11-/m0/s1. The Labute approximate surface area is 109 Å². The maximum Gasteiger partial charge on any atom is 0.472 e. The van der Waals surface area contributed by atoms with Crippen molar-refractivity contribution in [1.82, 2.24) is 0 Å². The van der Waals surface area contributed by atoms with Gasteiger partial charge in [-0.1, -0.05) is 20.8 Å². The van der Waals surface area contributed by atoms with Crippen LogP contribution in [0.1, 0.15) is 33.6 Å². The molecule has 1 N–H and O–H groups in total. The van der Waals surface area contributed by atoms with E-state index in [0.29, 0.717) is 12.3 Å². The van der Waals surface area contributed by atoms with Gasteiger partial charge in [-0.3, -0.25) is 9.05 Å². The average molecular weight is 276 g/mol. The first-order valence-electron chi connectivity index (χ1n) is 6.38. The Morgan fingerprint density at radius 3 is 2.61 bits per heavy atom. The van der Waals surface area contributed by atoms with Crippen LogP contribution in [0.4, 0.5) is 0 Å². The Morgan fingerprint density at radius 2 is 2.06 bits per heavy atom. The number of hydrogen-bond acceptors (Lipinski definition) is 4. The van der Waals surface area contributed by atoms with Crippen molar-refractivity contribution in [1.29, 1.82) is 0 Å². The maximum absolute atomic E-state index is 11.8. The zero-order chi connectivity index (χ0) is 13.8. The monoisotopic (exact) mass is 276 g/mol. The van der Waals surface area contributed by atoms with E-state index >= 15 is 0 Å². The van der Waals surface area contributed by atoms with Gasteiger partial charge in [-0.25, -0.2) is 4.57 Å². The Morgan fingerprint density at radius 1 is 1.44 bits per heavy atom. The zero-order valence-electron chi connectivity index (χ0n) is 11.7. The summed E-state index contributed by atoms with van der Waals surface area (Å²) in [5.74, 6) is 0.367. The third-order valence-electron chi connectivity index (χ3n) is 4.60. The molecule has 0 aromatic heterocycles. The highest BCUT2D eigenvalue weighted by Gasteiger charge is 2.64. The molecule has 1 saturated carbocycles. The van der Waals surface area contributed by atoms with Crippen LogP contribution in [-0.4, -0.2) is 37.6 Å². The number of phosphoric acid groups is 1. The van der Waals surface area contributed by atoms with Crippen molar-refractivity contribution in [3.63, 3.8) is 0 Å². The second-order valence-corrected chi connectivity index (χ2v) is 7.75. The molecule has 0 spiro atoms. The van der Waals surface area contributed by atoms with E-state index in [0.717, 1.165) is 6.42 Å². The molecular formula is C11H22BO5P. The third-order valence-corrected chi connectivity index (χ3v) is 5.66. The van der Waals surface area contributed by atoms with Gasteiger partial charge in [0.25, 0.3) is 0 Å². The van der Waals surface area contributed by atoms with E-state index in [1.165, 1.54) is 7.11 Å². The molecule has 0 aromatic carbocycles. The van der Waals surface area contributed by atoms with Crippen LogP contribution in [0.2, 0.25) is 0 Å². The highest BCUT2D eigenvalue weighted by Crippen LogP contribution is 2.62. The molecule has 1 saturated heterocycles. The summed E-state index contributed by atoms with van der Waals surface area (Å²) in [6.07, 6.45) is 1.20. The molecule has 2 unspecified atom stereocenters. The van der Waals surface area contributed by atoms with Gasteiger partial charge < -0.3 is 9.63 Å². The van der Waals surface area contributed by atoms with Crippen LogP contribution in [0, 0.1) is 11.3 Å². The SMILES string of the molecule is BC1C[C@@]2(OP(=O)(O)OC)C[C@H](C)C(C)(C)[C@H]2O1. The minimum atomic E-state index is -3.99. The first kappa shape index (κ1) is 14.5. The first-order chi connectivity index (χ1) is 8.13. The van der Waals surface area contributed by atoms with Gasteiger partial charge in [0.2, 0.25) is 0 Å². The molecule has 104 valence electrons. The third kappa shape index (κ3) is 2.18. The lowest BCUT2D eigenvalue weighted by Gasteiger charge is -2.34. The topological polar surface area (TPSA) is 65.0 Å². The number of phosphoric ester groups is 1. The summed E-state index contributed by atoms with van der Waals surface area (Å²) in [7, 11) is -0.830. The Bertz CT molecular complexity index is 388. The van der Waals surface area contributed by atoms with Gasteiger partial charge in [0, 0.05) is 13.1 Å². The van der Waals surface area contributed by atoms with Crippen molar-refractivity contribution in [3.8, 4) is 0 Å². The second-order valence-electron chi connectivity index (χ2n) is 6.26. The Hall–Kier alpha value is 0.135. The van der Waals surface area contributed by atoms with Crippen molar-refractivity contribution in [2.45, 2.75) is 51.3 Å². The van der Waals surface area contributed by atoms with Gasteiger partial charge in [0.05, 0.1) is 6.10 Å². The number of rotatable bonds is 3. The van der Waals surface area contributed by atoms with Gasteiger partial charge in [0.1, 0.15) is 13.4 Å². The largest absolute Gasteiger partial charge is 0.472 e. The highest BCUT2D eigenvalue weighted by atomic mass is 31.2. The zero-order valence-corrected chi connectivity index (χ0v) is 12.6. The summed E-state index contributed by atoms with van der Waals surface area (Å²) in [6.45, 7) is 6.38. The molecule has 2 fully saturated rings. The quantitative estimate of drug-likeness (QED) is 0.621. The molecule has 0 amide bonds. The van der Waals surface area contributed by atoms with E-state index in [2.05, 4.69) is 25.3 Å². The first-order valence-corrected chi connectivity index (χ1v) is 7.87. The number of fused-ring (bicyclic) bond motifs is 1. The molecule has 18 heavy (non-hydrogen) atoms. The molecule has 5 atom stereocenters. The fourth-order valence-electron chi connectivity index (χ4n) is 3.47. The lowest BCUT2D eigenvalue weighted by atomic mass is 9.81. The van der Waals surface area contributed by atoms with Crippen molar-refractivity contribution < 1.29 is 23.2 Å². The van der Waals surface area contributed by atoms with Crippen molar-refractivity contribution in [3.05, 3.63) is 0 Å². The van der Waals surface area contributed by atoms with Gasteiger partial charge in [-0.05, 0) is 24.2 Å². The fraction of sp³-hybridized carbons (Fsp3) is 1.00. The van der Waals surface area contributed by atoms with Crippen LogP contribution < -0.4 is 0 Å². The van der Waals surface area contributed by atoms with Crippen LogP contribution in [0.5, 0.6) is 0 Å². The van der Waals surface area contributed by atoms with Gasteiger partial charge >= 0.3 is 7.82 Å². The summed E-state index contributed by atoms with van der Waals surface area (Å²) < 4.78 is 27.8. The predicted molar refractivity (Wildman–Crippen MR) is 70.0 cm³/mol. The van der Waals surface area contributed by atoms with Crippen LogP contribution >= 0.6 is 7.82 Å². The molecule has 0 radical (unpaired) electrons. The van der Waals surface area contributed by atoms with E-state index in [9.17, 15) is 9.46 Å². The van der Waals surface area contributed by atoms with Crippen molar-refractivity contribution in [2.24, 2.45) is 11.3 Å². The van der Waals surface area contributed by atoms with E-state index in [-0.39, 0.29) is 17.5 Å². The fourth-order valence-corrected chi connectivity index (χ4v) is 4.25. The lowest BCUT2D eigenvalue weighted by molar-refractivity contribution is -0.0586. The molecule has 1 aliphatic carbocycles. The van der Waals surface area contributed by atoms with E-state index < -0.39 is 13.4 Å². The minimum Gasteiger partial charge on any atom is -0.380 e. The molecule has 2 aliphatic rings. The number of hydrogen-bond donors (Lipinski definition) is 1. The van der Waals surface area contributed by atoms with Crippen LogP contribution in [0.25, 0.3) is 0 Å². The summed E-state index contributed by atoms with van der Waals surface area (Å²) in [5.41, 5.74) is -0.763. The summed E-state index contributed by atoms with van der Waals surface area (Å²) in [4.78, 5) is 9.62. The summed E-state index contributed by atoms with van der Waals surface area (Å²) >= 11 is 0.